The van der Waals surface area contributed by atoms with E-state index in [9.17, 15) is 5.26 Å². The van der Waals surface area contributed by atoms with E-state index in [0.29, 0.717) is 5.92 Å². The molecular formula is C13H16N2OS. The van der Waals surface area contributed by atoms with Gasteiger partial charge in [-0.05, 0) is 32.6 Å². The van der Waals surface area contributed by atoms with Gasteiger partial charge in [-0.2, -0.15) is 5.26 Å². The Morgan fingerprint density at radius 2 is 2.12 bits per heavy atom. The summed E-state index contributed by atoms with van der Waals surface area (Å²) < 4.78 is 5.39. The second-order valence-corrected chi connectivity index (χ2v) is 6.24. The number of aromatic nitrogens is 1. The number of nitriles is 1. The van der Waals surface area contributed by atoms with Crippen molar-refractivity contribution in [3.63, 3.8) is 0 Å². The maximum atomic E-state index is 9.22. The minimum absolute atomic E-state index is 0.223. The third-order valence-electron chi connectivity index (χ3n) is 3.81. The fourth-order valence-corrected chi connectivity index (χ4v) is 3.66. The highest BCUT2D eigenvalue weighted by Crippen LogP contribution is 2.50. The Morgan fingerprint density at radius 3 is 2.71 bits per heavy atom. The normalized spacial score (nSPS) is 23.3. The summed E-state index contributed by atoms with van der Waals surface area (Å²) in [7, 11) is 0. The van der Waals surface area contributed by atoms with Gasteiger partial charge in [0.2, 0.25) is 0 Å². The Balaban J connectivity index is 1.88. The van der Waals surface area contributed by atoms with Crippen LogP contribution in [0.4, 0.5) is 0 Å². The molecule has 0 aromatic carbocycles. The molecule has 2 heterocycles. The summed E-state index contributed by atoms with van der Waals surface area (Å²) in [5.41, 5.74) is 1.01. The van der Waals surface area contributed by atoms with Crippen molar-refractivity contribution in [3.05, 3.63) is 15.6 Å². The second-order valence-electron chi connectivity index (χ2n) is 5.04. The van der Waals surface area contributed by atoms with Crippen molar-refractivity contribution in [1.29, 1.82) is 5.26 Å². The highest BCUT2D eigenvalue weighted by molar-refractivity contribution is 7.11. The molecule has 2 fully saturated rings. The Bertz CT molecular complexity index is 464. The van der Waals surface area contributed by atoms with E-state index in [2.05, 4.69) is 13.0 Å². The van der Waals surface area contributed by atoms with Gasteiger partial charge in [-0.1, -0.05) is 0 Å². The molecule has 1 aliphatic heterocycles. The smallest absolute Gasteiger partial charge is 0.113 e. The molecule has 3 rings (SSSR count). The largest absolute Gasteiger partial charge is 0.381 e. The van der Waals surface area contributed by atoms with E-state index < -0.39 is 0 Å². The summed E-state index contributed by atoms with van der Waals surface area (Å²) in [5.74, 6) is 0.545. The number of thiazole rings is 1. The molecule has 0 radical (unpaired) electrons. The van der Waals surface area contributed by atoms with Crippen LogP contribution in [0.25, 0.3) is 0 Å². The summed E-state index contributed by atoms with van der Waals surface area (Å²) in [5, 5.41) is 10.3. The Hall–Kier alpha value is -0.920. The lowest BCUT2D eigenvalue weighted by Gasteiger charge is -2.20. The van der Waals surface area contributed by atoms with Gasteiger partial charge in [0.05, 0.1) is 11.8 Å². The molecule has 2 aliphatic rings. The highest BCUT2D eigenvalue weighted by Gasteiger charge is 2.48. The lowest BCUT2D eigenvalue weighted by atomic mass is 9.96. The van der Waals surface area contributed by atoms with Gasteiger partial charge in [0.25, 0.3) is 0 Å². The van der Waals surface area contributed by atoms with Crippen LogP contribution in [0.2, 0.25) is 0 Å². The van der Waals surface area contributed by atoms with Gasteiger partial charge in [0, 0.05) is 24.0 Å². The van der Waals surface area contributed by atoms with Crippen LogP contribution in [-0.2, 0) is 10.2 Å². The van der Waals surface area contributed by atoms with Gasteiger partial charge in [-0.3, -0.25) is 0 Å². The summed E-state index contributed by atoms with van der Waals surface area (Å²) >= 11 is 1.73. The zero-order chi connectivity index (χ0) is 11.9. The third kappa shape index (κ3) is 1.88. The molecule has 0 amide bonds. The van der Waals surface area contributed by atoms with E-state index in [1.54, 1.807) is 11.3 Å². The lowest BCUT2D eigenvalue weighted by Crippen LogP contribution is -2.15. The maximum absolute atomic E-state index is 9.22. The van der Waals surface area contributed by atoms with E-state index in [-0.39, 0.29) is 5.41 Å². The van der Waals surface area contributed by atoms with E-state index in [1.807, 2.05) is 0 Å². The molecule has 3 nitrogen and oxygen atoms in total. The molecule has 1 aliphatic carbocycles. The first-order chi connectivity index (χ1) is 8.25. The summed E-state index contributed by atoms with van der Waals surface area (Å²) in [6, 6.07) is 2.44. The van der Waals surface area contributed by atoms with Crippen molar-refractivity contribution in [3.8, 4) is 6.07 Å². The zero-order valence-electron chi connectivity index (χ0n) is 10.0. The van der Waals surface area contributed by atoms with Crippen LogP contribution in [-0.4, -0.2) is 18.2 Å². The minimum Gasteiger partial charge on any atom is -0.381 e. The number of ether oxygens (including phenoxy) is 1. The zero-order valence-corrected chi connectivity index (χ0v) is 10.8. The summed E-state index contributed by atoms with van der Waals surface area (Å²) in [6.45, 7) is 3.83. The van der Waals surface area contributed by atoms with Gasteiger partial charge >= 0.3 is 0 Å². The fraction of sp³-hybridized carbons (Fsp3) is 0.692. The van der Waals surface area contributed by atoms with Crippen molar-refractivity contribution < 1.29 is 4.74 Å². The molecule has 1 aromatic rings. The van der Waals surface area contributed by atoms with Crippen LogP contribution in [0, 0.1) is 18.3 Å². The van der Waals surface area contributed by atoms with Gasteiger partial charge < -0.3 is 4.74 Å². The molecule has 0 unspecified atom stereocenters. The third-order valence-corrected chi connectivity index (χ3v) is 5.00. The van der Waals surface area contributed by atoms with Gasteiger partial charge in [0.15, 0.2) is 0 Å². The Morgan fingerprint density at radius 1 is 1.41 bits per heavy atom. The standard InChI is InChI=1S/C13H16N2OS/c1-9-11(10-2-6-16-7-3-10)15-12(17-9)13(8-14)4-5-13/h10H,2-7H2,1H3. The molecule has 0 atom stereocenters. The maximum Gasteiger partial charge on any atom is 0.113 e. The number of hydrogen-bond acceptors (Lipinski definition) is 4. The van der Waals surface area contributed by atoms with E-state index >= 15 is 0 Å². The first-order valence-corrected chi connectivity index (χ1v) is 7.04. The monoisotopic (exact) mass is 248 g/mol. The van der Waals surface area contributed by atoms with Gasteiger partial charge in [-0.15, -0.1) is 11.3 Å². The fourth-order valence-electron chi connectivity index (χ4n) is 2.46. The Labute approximate surface area is 105 Å². The van der Waals surface area contributed by atoms with Crippen LogP contribution in [0.3, 0.4) is 0 Å². The SMILES string of the molecule is Cc1sc(C2(C#N)CC2)nc1C1CCOCC1. The molecule has 17 heavy (non-hydrogen) atoms. The van der Waals surface area contributed by atoms with Crippen LogP contribution >= 0.6 is 11.3 Å². The highest BCUT2D eigenvalue weighted by atomic mass is 32.1. The molecule has 1 aromatic heterocycles. The van der Waals surface area contributed by atoms with Crippen LogP contribution < -0.4 is 0 Å². The average Bonchev–Trinajstić information content (AvgIpc) is 3.08. The van der Waals surface area contributed by atoms with Gasteiger partial charge in [-0.25, -0.2) is 4.98 Å². The molecule has 0 N–H and O–H groups in total. The van der Waals surface area contributed by atoms with Crippen molar-refractivity contribution in [1.82, 2.24) is 4.98 Å². The number of nitrogens with zero attached hydrogens (tertiary/aromatic N) is 2. The van der Waals surface area contributed by atoms with Crippen LogP contribution in [0.1, 0.15) is 47.2 Å². The predicted molar refractivity (Wildman–Crippen MR) is 66.2 cm³/mol. The first kappa shape index (κ1) is 11.2. The lowest BCUT2D eigenvalue weighted by molar-refractivity contribution is 0.0845. The molecule has 90 valence electrons. The number of aryl methyl sites for hydroxylation is 1. The number of rotatable bonds is 2. The molecule has 1 saturated heterocycles. The molecular weight excluding hydrogens is 232 g/mol. The van der Waals surface area contributed by atoms with E-state index in [4.69, 9.17) is 9.72 Å². The first-order valence-electron chi connectivity index (χ1n) is 6.22. The van der Waals surface area contributed by atoms with Crippen molar-refractivity contribution in [2.24, 2.45) is 0 Å². The van der Waals surface area contributed by atoms with Crippen molar-refractivity contribution in [2.75, 3.05) is 13.2 Å². The number of hydrogen-bond donors (Lipinski definition) is 0. The molecule has 0 spiro atoms. The summed E-state index contributed by atoms with van der Waals surface area (Å²) in [4.78, 5) is 6.08. The quantitative estimate of drug-likeness (QED) is 0.808. The minimum atomic E-state index is -0.223. The molecule has 1 saturated carbocycles. The second kappa shape index (κ2) is 4.08. The van der Waals surface area contributed by atoms with E-state index in [1.165, 1.54) is 10.6 Å². The molecule has 4 heteroatoms. The van der Waals surface area contributed by atoms with Crippen molar-refractivity contribution >= 4 is 11.3 Å². The average molecular weight is 248 g/mol. The van der Waals surface area contributed by atoms with Gasteiger partial charge in [0.1, 0.15) is 10.4 Å². The van der Waals surface area contributed by atoms with Crippen LogP contribution in [0.15, 0.2) is 0 Å². The molecule has 0 bridgehead atoms. The topological polar surface area (TPSA) is 45.9 Å². The van der Waals surface area contributed by atoms with Crippen LogP contribution in [0.5, 0.6) is 0 Å². The van der Waals surface area contributed by atoms with Crippen molar-refractivity contribution in [2.45, 2.75) is 43.9 Å². The summed E-state index contributed by atoms with van der Waals surface area (Å²) in [6.07, 6.45) is 4.13. The van der Waals surface area contributed by atoms with E-state index in [0.717, 1.165) is 43.9 Å². The Kier molecular flexibility index (Phi) is 2.68. The predicted octanol–water partition coefficient (Wildman–Crippen LogP) is 2.90.